The number of aromatic carboxylic acids is 1. The van der Waals surface area contributed by atoms with Crippen LogP contribution in [0.4, 0.5) is 4.39 Å². The maximum atomic E-state index is 13.0. The first-order chi connectivity index (χ1) is 9.66. The highest BCUT2D eigenvalue weighted by Gasteiger charge is 2.22. The van der Waals surface area contributed by atoms with Crippen molar-refractivity contribution in [1.82, 2.24) is 20.0 Å². The van der Waals surface area contributed by atoms with Crippen LogP contribution in [-0.2, 0) is 0 Å². The van der Waals surface area contributed by atoms with E-state index in [1.807, 2.05) is 0 Å². The fourth-order valence-corrected chi connectivity index (χ4v) is 2.34. The minimum atomic E-state index is -1.20. The second-order valence-electron chi connectivity index (χ2n) is 3.83. The predicted molar refractivity (Wildman–Crippen MR) is 69.4 cm³/mol. The summed E-state index contributed by atoms with van der Waals surface area (Å²) in [5.74, 6) is -1.61. The normalized spacial score (nSPS) is 10.7. The van der Waals surface area contributed by atoms with E-state index in [9.17, 15) is 14.3 Å². The van der Waals surface area contributed by atoms with Crippen LogP contribution >= 0.6 is 11.3 Å². The molecule has 0 aliphatic rings. The molecule has 0 saturated heterocycles. The molecule has 0 radical (unpaired) electrons. The number of halogens is 1. The molecule has 1 N–H and O–H groups in total. The van der Waals surface area contributed by atoms with Crippen LogP contribution in [-0.4, -0.2) is 31.1 Å². The van der Waals surface area contributed by atoms with Crippen LogP contribution in [0.1, 0.15) is 10.5 Å². The highest BCUT2D eigenvalue weighted by Crippen LogP contribution is 2.26. The van der Waals surface area contributed by atoms with Gasteiger partial charge in [0.05, 0.1) is 0 Å². The van der Waals surface area contributed by atoms with E-state index in [4.69, 9.17) is 0 Å². The molecule has 0 aliphatic heterocycles. The molecule has 0 atom stereocenters. The van der Waals surface area contributed by atoms with Gasteiger partial charge in [-0.05, 0) is 24.3 Å². The Morgan fingerprint density at radius 2 is 2.05 bits per heavy atom. The van der Waals surface area contributed by atoms with Crippen molar-refractivity contribution in [3.63, 3.8) is 0 Å². The summed E-state index contributed by atoms with van der Waals surface area (Å²) in [6, 6.07) is 5.45. The second-order valence-corrected chi connectivity index (χ2v) is 4.70. The van der Waals surface area contributed by atoms with E-state index in [0.29, 0.717) is 10.7 Å². The first kappa shape index (κ1) is 12.4. The molecule has 3 aromatic rings. The van der Waals surface area contributed by atoms with E-state index < -0.39 is 11.8 Å². The number of rotatable bonds is 3. The lowest BCUT2D eigenvalue weighted by atomic mass is 10.1. The largest absolute Gasteiger partial charge is 0.476 e. The summed E-state index contributed by atoms with van der Waals surface area (Å²) in [5.41, 5.74) is 0.572. The van der Waals surface area contributed by atoms with E-state index in [0.717, 1.165) is 0 Å². The molecule has 0 spiro atoms. The Morgan fingerprint density at radius 3 is 2.65 bits per heavy atom. The minimum Gasteiger partial charge on any atom is -0.476 e. The molecule has 0 aliphatic carbocycles. The number of carboxylic acid groups (broad SMARTS) is 1. The molecular weight excluding hydrogens is 283 g/mol. The van der Waals surface area contributed by atoms with Crippen molar-refractivity contribution >= 4 is 17.3 Å². The predicted octanol–water partition coefficient (Wildman–Crippen LogP) is 2.23. The molecule has 0 bridgehead atoms. The summed E-state index contributed by atoms with van der Waals surface area (Å²) in [6.45, 7) is 0. The molecule has 8 heteroatoms. The molecule has 20 heavy (non-hydrogen) atoms. The molecule has 2 heterocycles. The fraction of sp³-hybridized carbons (Fsp3) is 0. The lowest BCUT2D eigenvalue weighted by Gasteiger charge is -2.04. The maximum Gasteiger partial charge on any atom is 0.358 e. The topological polar surface area (TPSA) is 80.9 Å². The number of thiazole rings is 1. The van der Waals surface area contributed by atoms with Gasteiger partial charge < -0.3 is 5.11 Å². The highest BCUT2D eigenvalue weighted by atomic mass is 32.1. The smallest absolute Gasteiger partial charge is 0.358 e. The number of carboxylic acids is 1. The third kappa shape index (κ3) is 2.05. The van der Waals surface area contributed by atoms with Crippen LogP contribution in [0.2, 0.25) is 0 Å². The van der Waals surface area contributed by atoms with Gasteiger partial charge in [0.15, 0.2) is 5.69 Å². The highest BCUT2D eigenvalue weighted by molar-refractivity contribution is 7.12. The Labute approximate surface area is 116 Å². The Kier molecular flexibility index (Phi) is 2.99. The SMILES string of the molecule is O=C(O)c1nnn(-c2nccs2)c1-c1ccc(F)cc1. The summed E-state index contributed by atoms with van der Waals surface area (Å²) >= 11 is 1.30. The van der Waals surface area contributed by atoms with Gasteiger partial charge in [0.25, 0.3) is 0 Å². The van der Waals surface area contributed by atoms with Crippen molar-refractivity contribution in [2.45, 2.75) is 0 Å². The average Bonchev–Trinajstić information content (AvgIpc) is 3.08. The molecule has 0 saturated carbocycles. The monoisotopic (exact) mass is 290 g/mol. The standard InChI is InChI=1S/C12H7FN4O2S/c13-8-3-1-7(2-4-8)10-9(11(18)19)15-16-17(10)12-14-5-6-20-12/h1-6H,(H,18,19). The van der Waals surface area contributed by atoms with E-state index in [-0.39, 0.29) is 11.4 Å². The van der Waals surface area contributed by atoms with Crippen molar-refractivity contribution in [3.8, 4) is 16.4 Å². The Balaban J connectivity index is 2.23. The summed E-state index contributed by atoms with van der Waals surface area (Å²) in [7, 11) is 0. The number of hydrogen-bond donors (Lipinski definition) is 1. The summed E-state index contributed by atoms with van der Waals surface area (Å²) in [4.78, 5) is 15.3. The molecule has 6 nitrogen and oxygen atoms in total. The van der Waals surface area contributed by atoms with E-state index in [2.05, 4.69) is 15.3 Å². The van der Waals surface area contributed by atoms with Gasteiger partial charge in [-0.3, -0.25) is 0 Å². The van der Waals surface area contributed by atoms with Crippen LogP contribution < -0.4 is 0 Å². The van der Waals surface area contributed by atoms with Gasteiger partial charge in [-0.15, -0.1) is 16.4 Å². The number of carbonyl (C=O) groups is 1. The minimum absolute atomic E-state index is 0.202. The van der Waals surface area contributed by atoms with Gasteiger partial charge in [-0.1, -0.05) is 5.21 Å². The first-order valence-corrected chi connectivity index (χ1v) is 6.39. The third-order valence-corrected chi connectivity index (χ3v) is 3.34. The number of aromatic nitrogens is 4. The van der Waals surface area contributed by atoms with Crippen LogP contribution in [0, 0.1) is 5.82 Å². The number of nitrogens with zero attached hydrogens (tertiary/aromatic N) is 4. The summed E-state index contributed by atoms with van der Waals surface area (Å²) in [5, 5.41) is 18.9. The zero-order valence-corrected chi connectivity index (χ0v) is 10.7. The summed E-state index contributed by atoms with van der Waals surface area (Å²) in [6.07, 6.45) is 1.58. The van der Waals surface area contributed by atoms with Crippen LogP contribution in [0.5, 0.6) is 0 Å². The quantitative estimate of drug-likeness (QED) is 0.800. The van der Waals surface area contributed by atoms with Gasteiger partial charge in [-0.25, -0.2) is 14.2 Å². The maximum absolute atomic E-state index is 13.0. The third-order valence-electron chi connectivity index (χ3n) is 2.59. The van der Waals surface area contributed by atoms with Gasteiger partial charge >= 0.3 is 5.97 Å². The summed E-state index contributed by atoms with van der Waals surface area (Å²) < 4.78 is 14.3. The van der Waals surface area contributed by atoms with Crippen molar-refractivity contribution in [2.75, 3.05) is 0 Å². The number of benzene rings is 1. The molecular formula is C12H7FN4O2S. The molecule has 0 amide bonds. The Morgan fingerprint density at radius 1 is 1.30 bits per heavy atom. The molecule has 1 aromatic carbocycles. The van der Waals surface area contributed by atoms with Crippen molar-refractivity contribution in [3.05, 3.63) is 47.4 Å². The first-order valence-electron chi connectivity index (χ1n) is 5.51. The van der Waals surface area contributed by atoms with E-state index in [1.54, 1.807) is 11.6 Å². The molecule has 0 unspecified atom stereocenters. The lowest BCUT2D eigenvalue weighted by molar-refractivity contribution is 0.0691. The zero-order valence-electron chi connectivity index (χ0n) is 9.89. The number of hydrogen-bond acceptors (Lipinski definition) is 5. The fourth-order valence-electron chi connectivity index (χ4n) is 1.75. The van der Waals surface area contributed by atoms with Crippen molar-refractivity contribution < 1.29 is 14.3 Å². The second kappa shape index (κ2) is 4.82. The van der Waals surface area contributed by atoms with Crippen molar-refractivity contribution in [2.24, 2.45) is 0 Å². The van der Waals surface area contributed by atoms with Gasteiger partial charge in [0, 0.05) is 17.1 Å². The molecule has 3 rings (SSSR count). The van der Waals surface area contributed by atoms with Crippen LogP contribution in [0.3, 0.4) is 0 Å². The van der Waals surface area contributed by atoms with Crippen LogP contribution in [0.15, 0.2) is 35.8 Å². The Hall–Kier alpha value is -2.61. The van der Waals surface area contributed by atoms with Gasteiger partial charge in [0.2, 0.25) is 5.13 Å². The van der Waals surface area contributed by atoms with Gasteiger partial charge in [0.1, 0.15) is 11.5 Å². The van der Waals surface area contributed by atoms with Gasteiger partial charge in [-0.2, -0.15) is 4.68 Å². The van der Waals surface area contributed by atoms with E-state index >= 15 is 0 Å². The lowest BCUT2D eigenvalue weighted by Crippen LogP contribution is -2.03. The average molecular weight is 290 g/mol. The van der Waals surface area contributed by atoms with E-state index in [1.165, 1.54) is 40.3 Å². The molecule has 100 valence electrons. The van der Waals surface area contributed by atoms with Crippen LogP contribution in [0.25, 0.3) is 16.4 Å². The zero-order chi connectivity index (χ0) is 14.1. The Bertz CT molecular complexity index is 752. The molecule has 2 aromatic heterocycles. The molecule has 0 fully saturated rings. The van der Waals surface area contributed by atoms with Crippen molar-refractivity contribution in [1.29, 1.82) is 0 Å².